The van der Waals surface area contributed by atoms with Crippen molar-refractivity contribution >= 4 is 23.2 Å². The number of carbonyl (C=O) groups is 1. The number of allylic oxidation sites excluding steroid dienone is 2. The topological polar surface area (TPSA) is 97.8 Å². The van der Waals surface area contributed by atoms with Gasteiger partial charge in [0.15, 0.2) is 0 Å². The highest BCUT2D eigenvalue weighted by Gasteiger charge is 2.31. The maximum absolute atomic E-state index is 12.7. The number of nitrogens with one attached hydrogen (secondary N) is 2. The number of carbonyl (C=O) groups excluding carboxylic acids is 1. The fourth-order valence-electron chi connectivity index (χ4n) is 4.41. The van der Waals surface area contributed by atoms with Crippen LogP contribution in [-0.2, 0) is 16.0 Å². The van der Waals surface area contributed by atoms with E-state index in [1.54, 1.807) is 30.5 Å². The van der Waals surface area contributed by atoms with E-state index in [4.69, 9.17) is 9.47 Å². The Labute approximate surface area is 258 Å². The molecule has 3 aromatic rings. The average Bonchev–Trinajstić information content (AvgIpc) is 3.49. The van der Waals surface area contributed by atoms with E-state index in [9.17, 15) is 18.0 Å². The summed E-state index contributed by atoms with van der Waals surface area (Å²) in [6, 6.07) is 10.7. The lowest BCUT2D eigenvalue weighted by Gasteiger charge is -2.26. The lowest BCUT2D eigenvalue weighted by Crippen LogP contribution is -2.37. The highest BCUT2D eigenvalue weighted by molar-refractivity contribution is 7.17. The number of ether oxygens (including phenoxy) is 3. The molecule has 1 aliphatic rings. The lowest BCUT2D eigenvalue weighted by molar-refractivity contribution is -0.274. The normalized spacial score (nSPS) is 15.3. The number of benzene rings is 1. The van der Waals surface area contributed by atoms with Crippen molar-refractivity contribution in [2.24, 2.45) is 0 Å². The molecule has 4 rings (SSSR count). The second-order valence-corrected chi connectivity index (χ2v) is 11.0. The van der Waals surface area contributed by atoms with Gasteiger partial charge in [-0.05, 0) is 68.3 Å². The first-order valence-corrected chi connectivity index (χ1v) is 15.1. The zero-order valence-electron chi connectivity index (χ0n) is 24.6. The Morgan fingerprint density at radius 1 is 1.20 bits per heavy atom. The minimum absolute atomic E-state index is 0.0404. The van der Waals surface area contributed by atoms with Gasteiger partial charge in [-0.2, -0.15) is 0 Å². The maximum Gasteiger partial charge on any atom is 0.573 e. The number of thiophene rings is 1. The maximum atomic E-state index is 12.7. The third kappa shape index (κ3) is 11.1. The molecule has 0 bridgehead atoms. The molecule has 0 spiro atoms. The van der Waals surface area contributed by atoms with Gasteiger partial charge in [-0.25, -0.2) is 9.97 Å². The van der Waals surface area contributed by atoms with Gasteiger partial charge >= 0.3 is 6.36 Å². The molecule has 1 saturated heterocycles. The van der Waals surface area contributed by atoms with E-state index < -0.39 is 6.36 Å². The molecular formula is C31H36F3N5O4S. The summed E-state index contributed by atoms with van der Waals surface area (Å²) in [5.74, 6) is -0.301. The van der Waals surface area contributed by atoms with Crippen LogP contribution in [0.25, 0.3) is 10.6 Å². The van der Waals surface area contributed by atoms with Crippen LogP contribution in [0.4, 0.5) is 19.1 Å². The Hall–Kier alpha value is -3.78. The number of amides is 1. The summed E-state index contributed by atoms with van der Waals surface area (Å²) in [6.45, 7) is 9.09. The number of rotatable bonds is 14. The molecular weight excluding hydrogens is 595 g/mol. The van der Waals surface area contributed by atoms with Crippen LogP contribution in [0.3, 0.4) is 0 Å². The van der Waals surface area contributed by atoms with E-state index in [-0.39, 0.29) is 24.3 Å². The number of hydrogen-bond acceptors (Lipinski definition) is 9. The number of nitrogens with zero attached hydrogens (tertiary/aromatic N) is 3. The van der Waals surface area contributed by atoms with Gasteiger partial charge in [0.2, 0.25) is 5.95 Å². The molecule has 1 unspecified atom stereocenters. The van der Waals surface area contributed by atoms with Crippen molar-refractivity contribution in [1.29, 1.82) is 0 Å². The third-order valence-electron chi connectivity index (χ3n) is 6.44. The van der Waals surface area contributed by atoms with Crippen molar-refractivity contribution in [3.8, 4) is 16.3 Å². The number of morpholine rings is 1. The third-order valence-corrected chi connectivity index (χ3v) is 7.55. The van der Waals surface area contributed by atoms with E-state index in [0.29, 0.717) is 28.7 Å². The number of halogens is 3. The predicted octanol–water partition coefficient (Wildman–Crippen LogP) is 6.03. The fraction of sp³-hybridized carbons (Fsp3) is 0.387. The minimum atomic E-state index is -4.79. The van der Waals surface area contributed by atoms with Crippen molar-refractivity contribution in [3.05, 3.63) is 83.0 Å². The van der Waals surface area contributed by atoms with Gasteiger partial charge in [0.25, 0.3) is 5.91 Å². The summed E-state index contributed by atoms with van der Waals surface area (Å²) in [6.07, 6.45) is 3.48. The van der Waals surface area contributed by atoms with E-state index >= 15 is 0 Å². The van der Waals surface area contributed by atoms with Crippen molar-refractivity contribution in [2.45, 2.75) is 39.3 Å². The number of alkyl halides is 3. The van der Waals surface area contributed by atoms with Gasteiger partial charge in [0.1, 0.15) is 5.75 Å². The van der Waals surface area contributed by atoms with E-state index in [1.165, 1.54) is 29.5 Å². The molecule has 44 heavy (non-hydrogen) atoms. The zero-order chi connectivity index (χ0) is 31.4. The molecule has 0 radical (unpaired) electrons. The molecule has 1 atom stereocenters. The fourth-order valence-corrected chi connectivity index (χ4v) is 5.30. The first kappa shape index (κ1) is 33.1. The monoisotopic (exact) mass is 631 g/mol. The molecule has 0 saturated carbocycles. The molecule has 9 nitrogen and oxygen atoms in total. The molecule has 2 N–H and O–H groups in total. The van der Waals surface area contributed by atoms with Gasteiger partial charge < -0.3 is 24.8 Å². The van der Waals surface area contributed by atoms with Crippen LogP contribution in [0.1, 0.15) is 35.5 Å². The zero-order valence-corrected chi connectivity index (χ0v) is 25.4. The van der Waals surface area contributed by atoms with Crippen molar-refractivity contribution < 1.29 is 32.2 Å². The van der Waals surface area contributed by atoms with Gasteiger partial charge in [-0.15, -0.1) is 24.5 Å². The van der Waals surface area contributed by atoms with Gasteiger partial charge in [-0.1, -0.05) is 18.2 Å². The Morgan fingerprint density at radius 3 is 2.80 bits per heavy atom. The molecule has 2 aromatic heterocycles. The molecule has 3 heterocycles. The smallest absolute Gasteiger partial charge is 0.406 e. The van der Waals surface area contributed by atoms with E-state index in [0.717, 1.165) is 49.8 Å². The first-order valence-electron chi connectivity index (χ1n) is 14.3. The summed E-state index contributed by atoms with van der Waals surface area (Å²) in [5.41, 5.74) is 1.90. The lowest BCUT2D eigenvalue weighted by atomic mass is 10.2. The van der Waals surface area contributed by atoms with Crippen LogP contribution in [0, 0.1) is 0 Å². The summed E-state index contributed by atoms with van der Waals surface area (Å²) < 4.78 is 52.9. The van der Waals surface area contributed by atoms with Gasteiger partial charge in [0.05, 0.1) is 34.8 Å². The number of hydrogen-bond donors (Lipinski definition) is 2. The summed E-state index contributed by atoms with van der Waals surface area (Å²) in [4.78, 5) is 25.3. The standard InChI is InChI=1S/C31H36F3N5O4S/c1-3-6-24(19-22(2)42-16-5-13-39-14-17-41-18-15-39)37-30-35-12-11-26(38-30)27-9-10-28(44-27)29(40)36-21-23-7-4-8-25(20-23)43-31(32,33)34/h3-4,6-12,19-20,22H,5,13-18,21H2,1-2H3,(H,36,40)(H,35,37,38)/b6-3-,24-19+. The predicted molar refractivity (Wildman–Crippen MR) is 163 cm³/mol. The SMILES string of the molecule is C/C=C\C(=C/C(C)OCCCN1CCOCC1)Nc1nccc(-c2ccc(C(=O)NCc3cccc(OC(F)(F)F)c3)s2)n1. The first-order chi connectivity index (χ1) is 21.2. The van der Waals surface area contributed by atoms with Crippen LogP contribution < -0.4 is 15.4 Å². The average molecular weight is 632 g/mol. The summed E-state index contributed by atoms with van der Waals surface area (Å²) in [5, 5.41) is 5.97. The molecule has 236 valence electrons. The molecule has 0 aliphatic carbocycles. The van der Waals surface area contributed by atoms with Crippen LogP contribution >= 0.6 is 11.3 Å². The van der Waals surface area contributed by atoms with Gasteiger partial charge in [-0.3, -0.25) is 9.69 Å². The van der Waals surface area contributed by atoms with Crippen molar-refractivity contribution in [2.75, 3.05) is 44.8 Å². The molecule has 13 heteroatoms. The highest BCUT2D eigenvalue weighted by Crippen LogP contribution is 2.28. The van der Waals surface area contributed by atoms with Crippen LogP contribution in [0.2, 0.25) is 0 Å². The molecule has 1 amide bonds. The number of aromatic nitrogens is 2. The quantitative estimate of drug-likeness (QED) is 0.164. The molecule has 1 fully saturated rings. The van der Waals surface area contributed by atoms with Gasteiger partial charge in [0, 0.05) is 44.7 Å². The Morgan fingerprint density at radius 2 is 2.02 bits per heavy atom. The molecule has 1 aliphatic heterocycles. The number of anilines is 1. The Bertz CT molecular complexity index is 1420. The Kier molecular flexibility index (Phi) is 12.3. The van der Waals surface area contributed by atoms with Crippen LogP contribution in [-0.4, -0.2) is 72.7 Å². The summed E-state index contributed by atoms with van der Waals surface area (Å²) >= 11 is 1.25. The summed E-state index contributed by atoms with van der Waals surface area (Å²) in [7, 11) is 0. The highest BCUT2D eigenvalue weighted by atomic mass is 32.1. The second kappa shape index (κ2) is 16.3. The van der Waals surface area contributed by atoms with E-state index in [1.807, 2.05) is 32.1 Å². The minimum Gasteiger partial charge on any atom is -0.406 e. The van der Waals surface area contributed by atoms with Crippen LogP contribution in [0.15, 0.2) is 72.6 Å². The largest absolute Gasteiger partial charge is 0.573 e. The second-order valence-electron chi connectivity index (χ2n) is 9.94. The Balaban J connectivity index is 1.31. The molecule has 1 aromatic carbocycles. The van der Waals surface area contributed by atoms with Crippen molar-refractivity contribution in [1.82, 2.24) is 20.2 Å². The van der Waals surface area contributed by atoms with E-state index in [2.05, 4.69) is 30.2 Å². The van der Waals surface area contributed by atoms with Crippen molar-refractivity contribution in [3.63, 3.8) is 0 Å². The van der Waals surface area contributed by atoms with Crippen LogP contribution in [0.5, 0.6) is 5.75 Å².